The molecule has 0 bridgehead atoms. The van der Waals surface area contributed by atoms with Crippen LogP contribution in [0.15, 0.2) is 73.2 Å². The Balaban J connectivity index is 1.45. The molecular formula is C22H17N5O3. The fourth-order valence-corrected chi connectivity index (χ4v) is 2.85. The average Bonchev–Trinajstić information content (AvgIpc) is 2.80. The highest BCUT2D eigenvalue weighted by Crippen LogP contribution is 2.23. The number of nitrogens with zero attached hydrogens (tertiary/aromatic N) is 3. The second-order valence-electron chi connectivity index (χ2n) is 6.32. The summed E-state index contributed by atoms with van der Waals surface area (Å²) in [7, 11) is 1.31. The number of methoxy groups -OCH3 is 1. The Morgan fingerprint density at radius 2 is 1.60 bits per heavy atom. The van der Waals surface area contributed by atoms with Crippen LogP contribution in [0.3, 0.4) is 0 Å². The van der Waals surface area contributed by atoms with Crippen molar-refractivity contribution in [1.82, 2.24) is 15.0 Å². The molecule has 0 aliphatic carbocycles. The predicted molar refractivity (Wildman–Crippen MR) is 113 cm³/mol. The molecule has 0 unspecified atom stereocenters. The van der Waals surface area contributed by atoms with Gasteiger partial charge in [0, 0.05) is 29.7 Å². The molecule has 2 aromatic heterocycles. The lowest BCUT2D eigenvalue weighted by molar-refractivity contribution is 0.0600. The molecule has 4 aromatic rings. The topological polar surface area (TPSA) is 106 Å². The van der Waals surface area contributed by atoms with Crippen LogP contribution in [-0.4, -0.2) is 33.9 Å². The summed E-state index contributed by atoms with van der Waals surface area (Å²) in [5, 5.41) is 6.86. The number of benzene rings is 2. The quantitative estimate of drug-likeness (QED) is 0.492. The van der Waals surface area contributed by atoms with Crippen molar-refractivity contribution in [2.45, 2.75) is 0 Å². The monoisotopic (exact) mass is 399 g/mol. The number of nitrogens with one attached hydrogen (secondary N) is 2. The smallest absolute Gasteiger partial charge is 0.337 e. The van der Waals surface area contributed by atoms with Crippen molar-refractivity contribution >= 4 is 40.1 Å². The lowest BCUT2D eigenvalue weighted by Gasteiger charge is -2.09. The minimum absolute atomic E-state index is 0.300. The van der Waals surface area contributed by atoms with Crippen molar-refractivity contribution in [3.05, 3.63) is 84.3 Å². The molecule has 0 radical (unpaired) electrons. The molecule has 2 heterocycles. The fraction of sp³-hybridized carbons (Fsp3) is 0.0455. The zero-order valence-corrected chi connectivity index (χ0v) is 16.0. The summed E-state index contributed by atoms with van der Waals surface area (Å²) in [6.45, 7) is 0. The van der Waals surface area contributed by atoms with E-state index in [4.69, 9.17) is 0 Å². The van der Waals surface area contributed by atoms with Crippen LogP contribution in [0.25, 0.3) is 10.9 Å². The van der Waals surface area contributed by atoms with Gasteiger partial charge in [-0.2, -0.15) is 0 Å². The molecule has 30 heavy (non-hydrogen) atoms. The van der Waals surface area contributed by atoms with Gasteiger partial charge >= 0.3 is 5.97 Å². The van der Waals surface area contributed by atoms with Crippen molar-refractivity contribution in [2.24, 2.45) is 0 Å². The standard InChI is InChI=1S/C22H17N5O3/c1-30-21(29)15-7-9-17(10-8-15)26-20(28)16-12-24-22(25-13-16)27-18-6-2-4-14-5-3-11-23-19(14)18/h2-13H,1H3,(H,26,28)(H,24,25,27). The molecular weight excluding hydrogens is 382 g/mol. The van der Waals surface area contributed by atoms with Gasteiger partial charge in [0.05, 0.1) is 29.4 Å². The number of ether oxygens (including phenoxy) is 1. The second-order valence-corrected chi connectivity index (χ2v) is 6.32. The number of aromatic nitrogens is 3. The molecule has 4 rings (SSSR count). The molecule has 0 atom stereocenters. The van der Waals surface area contributed by atoms with Crippen LogP contribution < -0.4 is 10.6 Å². The number of carbonyl (C=O) groups is 2. The van der Waals surface area contributed by atoms with Crippen molar-refractivity contribution in [2.75, 3.05) is 17.7 Å². The van der Waals surface area contributed by atoms with Gasteiger partial charge in [0.1, 0.15) is 0 Å². The number of para-hydroxylation sites is 1. The number of carbonyl (C=O) groups excluding carboxylic acids is 2. The number of hydrogen-bond acceptors (Lipinski definition) is 7. The Kier molecular flexibility index (Phi) is 5.29. The van der Waals surface area contributed by atoms with E-state index in [2.05, 4.69) is 30.3 Å². The number of rotatable bonds is 5. The number of hydrogen-bond donors (Lipinski definition) is 2. The van der Waals surface area contributed by atoms with E-state index in [9.17, 15) is 9.59 Å². The van der Waals surface area contributed by atoms with Gasteiger partial charge in [0.15, 0.2) is 0 Å². The van der Waals surface area contributed by atoms with Crippen LogP contribution in [-0.2, 0) is 4.74 Å². The summed E-state index contributed by atoms with van der Waals surface area (Å²) in [6.07, 6.45) is 4.59. The van der Waals surface area contributed by atoms with Gasteiger partial charge in [-0.3, -0.25) is 9.78 Å². The third kappa shape index (κ3) is 4.07. The fourth-order valence-electron chi connectivity index (χ4n) is 2.85. The molecule has 0 aliphatic rings. The van der Waals surface area contributed by atoms with Crippen LogP contribution in [0, 0.1) is 0 Å². The van der Waals surface area contributed by atoms with Crippen molar-refractivity contribution in [3.8, 4) is 0 Å². The summed E-state index contributed by atoms with van der Waals surface area (Å²) >= 11 is 0. The first kappa shape index (κ1) is 19.0. The van der Waals surface area contributed by atoms with E-state index in [-0.39, 0.29) is 5.91 Å². The van der Waals surface area contributed by atoms with Gasteiger partial charge in [-0.15, -0.1) is 0 Å². The molecule has 148 valence electrons. The average molecular weight is 399 g/mol. The maximum Gasteiger partial charge on any atom is 0.337 e. The van der Waals surface area contributed by atoms with Crippen molar-refractivity contribution in [1.29, 1.82) is 0 Å². The SMILES string of the molecule is COC(=O)c1ccc(NC(=O)c2cnc(Nc3cccc4cccnc34)nc2)cc1. The summed E-state index contributed by atoms with van der Waals surface area (Å²) < 4.78 is 4.65. The number of anilines is 3. The van der Waals surface area contributed by atoms with Crippen LogP contribution in [0.2, 0.25) is 0 Å². The van der Waals surface area contributed by atoms with Gasteiger partial charge in [-0.1, -0.05) is 18.2 Å². The summed E-state index contributed by atoms with van der Waals surface area (Å²) in [5.74, 6) is -0.447. The van der Waals surface area contributed by atoms with Gasteiger partial charge in [0.2, 0.25) is 5.95 Å². The molecule has 8 nitrogen and oxygen atoms in total. The van der Waals surface area contributed by atoms with E-state index in [1.165, 1.54) is 19.5 Å². The van der Waals surface area contributed by atoms with Gasteiger partial charge < -0.3 is 15.4 Å². The normalized spacial score (nSPS) is 10.4. The maximum atomic E-state index is 12.4. The Labute approximate surface area is 172 Å². The zero-order valence-electron chi connectivity index (χ0n) is 16.0. The molecule has 2 N–H and O–H groups in total. The van der Waals surface area contributed by atoms with Gasteiger partial charge in [-0.05, 0) is 36.4 Å². The first-order chi connectivity index (χ1) is 14.6. The molecule has 1 amide bonds. The van der Waals surface area contributed by atoms with E-state index < -0.39 is 5.97 Å². The Hall–Kier alpha value is -4.33. The van der Waals surface area contributed by atoms with Crippen molar-refractivity contribution < 1.29 is 14.3 Å². The molecule has 0 saturated heterocycles. The molecule has 0 aliphatic heterocycles. The highest BCUT2D eigenvalue weighted by molar-refractivity contribution is 6.04. The lowest BCUT2D eigenvalue weighted by atomic mass is 10.2. The Bertz CT molecular complexity index is 1200. The minimum Gasteiger partial charge on any atom is -0.465 e. The van der Waals surface area contributed by atoms with E-state index >= 15 is 0 Å². The summed E-state index contributed by atoms with van der Waals surface area (Å²) in [4.78, 5) is 36.7. The summed E-state index contributed by atoms with van der Waals surface area (Å²) in [5.41, 5.74) is 2.82. The van der Waals surface area contributed by atoms with Gasteiger partial charge in [-0.25, -0.2) is 14.8 Å². The Morgan fingerprint density at radius 3 is 2.33 bits per heavy atom. The molecule has 2 aromatic carbocycles. The van der Waals surface area contributed by atoms with Crippen LogP contribution in [0.1, 0.15) is 20.7 Å². The number of pyridine rings is 1. The largest absolute Gasteiger partial charge is 0.465 e. The minimum atomic E-state index is -0.439. The van der Waals surface area contributed by atoms with E-state index in [1.54, 1.807) is 30.5 Å². The first-order valence-corrected chi connectivity index (χ1v) is 9.06. The van der Waals surface area contributed by atoms with Crippen LogP contribution in [0.4, 0.5) is 17.3 Å². The second kappa shape index (κ2) is 8.36. The Morgan fingerprint density at radius 1 is 0.867 bits per heavy atom. The molecule has 0 fully saturated rings. The lowest BCUT2D eigenvalue weighted by Crippen LogP contribution is -2.13. The van der Waals surface area contributed by atoms with E-state index in [0.717, 1.165) is 16.6 Å². The third-order valence-corrected chi connectivity index (χ3v) is 4.36. The third-order valence-electron chi connectivity index (χ3n) is 4.36. The van der Waals surface area contributed by atoms with Crippen LogP contribution >= 0.6 is 0 Å². The van der Waals surface area contributed by atoms with Crippen molar-refractivity contribution in [3.63, 3.8) is 0 Å². The van der Waals surface area contributed by atoms with E-state index in [0.29, 0.717) is 22.8 Å². The van der Waals surface area contributed by atoms with Crippen LogP contribution in [0.5, 0.6) is 0 Å². The molecule has 8 heteroatoms. The first-order valence-electron chi connectivity index (χ1n) is 9.06. The highest BCUT2D eigenvalue weighted by atomic mass is 16.5. The number of esters is 1. The maximum absolute atomic E-state index is 12.4. The van der Waals surface area contributed by atoms with E-state index in [1.807, 2.05) is 30.3 Å². The number of amides is 1. The number of fused-ring (bicyclic) bond motifs is 1. The zero-order chi connectivity index (χ0) is 20.9. The highest BCUT2D eigenvalue weighted by Gasteiger charge is 2.10. The van der Waals surface area contributed by atoms with Gasteiger partial charge in [0.25, 0.3) is 5.91 Å². The predicted octanol–water partition coefficient (Wildman–Crippen LogP) is 3.81. The molecule has 0 spiro atoms. The molecule has 0 saturated carbocycles. The summed E-state index contributed by atoms with van der Waals surface area (Å²) in [6, 6.07) is 16.0.